The largest absolute Gasteiger partial charge is 0.416 e. The van der Waals surface area contributed by atoms with Crippen molar-refractivity contribution < 1.29 is 13.2 Å². The molecule has 6 rings (SSSR count). The van der Waals surface area contributed by atoms with Gasteiger partial charge >= 0.3 is 6.18 Å². The van der Waals surface area contributed by atoms with Gasteiger partial charge in [0.2, 0.25) is 0 Å². The van der Waals surface area contributed by atoms with Crippen molar-refractivity contribution in [1.82, 2.24) is 10.2 Å². The minimum absolute atomic E-state index is 0.124. The van der Waals surface area contributed by atoms with Crippen LogP contribution in [0.2, 0.25) is 0 Å². The molecule has 0 unspecified atom stereocenters. The molecule has 33 heavy (non-hydrogen) atoms. The number of alkyl halides is 3. The number of nitrogens with one attached hydrogen (secondary N) is 1. The Morgan fingerprint density at radius 2 is 1.33 bits per heavy atom. The fourth-order valence-corrected chi connectivity index (χ4v) is 5.87. The second-order valence-electron chi connectivity index (χ2n) is 9.22. The number of piperidine rings is 3. The summed E-state index contributed by atoms with van der Waals surface area (Å²) < 4.78 is 40.7. The van der Waals surface area contributed by atoms with E-state index in [1.54, 1.807) is 12.1 Å². The molecule has 0 aliphatic carbocycles. The first-order chi connectivity index (χ1) is 16.0. The average molecular weight is 451 g/mol. The zero-order valence-corrected chi connectivity index (χ0v) is 18.5. The first kappa shape index (κ1) is 22.2. The van der Waals surface area contributed by atoms with Gasteiger partial charge in [-0.2, -0.15) is 13.2 Å². The third kappa shape index (κ3) is 4.57. The maximum absolute atomic E-state index is 13.6. The lowest BCUT2D eigenvalue weighted by atomic mass is 9.70. The number of rotatable bonds is 6. The van der Waals surface area contributed by atoms with Crippen LogP contribution < -0.4 is 5.32 Å². The number of fused-ring (bicyclic) bond motifs is 3. The van der Waals surface area contributed by atoms with Gasteiger partial charge < -0.3 is 5.32 Å². The SMILES string of the molecule is FC(F)(F)c1ccccc1CN[C@H]1C2CCN(CC2)[C@H]1C(c1ccccc1)c1ccccc1. The molecule has 2 nitrogen and oxygen atoms in total. The fraction of sp³-hybridized carbons (Fsp3) is 0.357. The summed E-state index contributed by atoms with van der Waals surface area (Å²) in [5, 5.41) is 3.61. The molecule has 3 aromatic rings. The van der Waals surface area contributed by atoms with Crippen LogP contribution in [0, 0.1) is 5.92 Å². The predicted molar refractivity (Wildman–Crippen MR) is 125 cm³/mol. The van der Waals surface area contributed by atoms with Crippen LogP contribution in [0.4, 0.5) is 13.2 Å². The van der Waals surface area contributed by atoms with Gasteiger partial charge in [-0.1, -0.05) is 78.9 Å². The second kappa shape index (κ2) is 9.32. The third-order valence-corrected chi connectivity index (χ3v) is 7.38. The van der Waals surface area contributed by atoms with Crippen LogP contribution >= 0.6 is 0 Å². The monoisotopic (exact) mass is 450 g/mol. The van der Waals surface area contributed by atoms with Crippen molar-refractivity contribution in [2.45, 2.75) is 43.6 Å². The van der Waals surface area contributed by atoms with Crippen molar-refractivity contribution in [3.8, 4) is 0 Å². The highest BCUT2D eigenvalue weighted by molar-refractivity contribution is 5.36. The van der Waals surface area contributed by atoms with Crippen LogP contribution in [-0.4, -0.2) is 30.1 Å². The predicted octanol–water partition coefficient (Wildman–Crippen LogP) is 6.09. The van der Waals surface area contributed by atoms with Crippen molar-refractivity contribution in [3.63, 3.8) is 0 Å². The normalized spacial score (nSPS) is 24.8. The summed E-state index contributed by atoms with van der Waals surface area (Å²) in [6, 6.07) is 27.3. The summed E-state index contributed by atoms with van der Waals surface area (Å²) in [5.74, 6) is 0.624. The Morgan fingerprint density at radius 3 is 1.91 bits per heavy atom. The number of halogens is 3. The Bertz CT molecular complexity index is 1000. The van der Waals surface area contributed by atoms with E-state index in [1.807, 2.05) is 12.1 Å². The standard InChI is InChI=1S/C28H29F3N2/c29-28(30,31)24-14-8-7-13-23(24)19-32-26-22-15-17-33(18-16-22)27(26)25(20-9-3-1-4-10-20)21-11-5-2-6-12-21/h1-14,22,25-27,32H,15-19H2/t26-,27-/m0/s1. The van der Waals surface area contributed by atoms with Crippen molar-refractivity contribution in [2.24, 2.45) is 5.92 Å². The maximum Gasteiger partial charge on any atom is 0.416 e. The van der Waals surface area contributed by atoms with E-state index in [9.17, 15) is 13.2 Å². The van der Waals surface area contributed by atoms with E-state index in [1.165, 1.54) is 23.3 Å². The van der Waals surface area contributed by atoms with Crippen LogP contribution in [0.25, 0.3) is 0 Å². The lowest BCUT2D eigenvalue weighted by molar-refractivity contribution is -0.138. The van der Waals surface area contributed by atoms with E-state index >= 15 is 0 Å². The smallest absolute Gasteiger partial charge is 0.308 e. The van der Waals surface area contributed by atoms with Crippen molar-refractivity contribution >= 4 is 0 Å². The van der Waals surface area contributed by atoms with Gasteiger partial charge in [0.15, 0.2) is 0 Å². The molecule has 3 saturated heterocycles. The molecule has 0 aromatic heterocycles. The molecular weight excluding hydrogens is 421 g/mol. The van der Waals surface area contributed by atoms with Gasteiger partial charge in [0.1, 0.15) is 0 Å². The van der Waals surface area contributed by atoms with Gasteiger partial charge in [-0.25, -0.2) is 0 Å². The fourth-order valence-electron chi connectivity index (χ4n) is 5.87. The minimum Gasteiger partial charge on any atom is -0.308 e. The number of nitrogens with zero attached hydrogens (tertiary/aromatic N) is 1. The average Bonchev–Trinajstić information content (AvgIpc) is 2.85. The van der Waals surface area contributed by atoms with Crippen molar-refractivity contribution in [2.75, 3.05) is 13.1 Å². The van der Waals surface area contributed by atoms with E-state index in [0.717, 1.165) is 25.9 Å². The van der Waals surface area contributed by atoms with E-state index < -0.39 is 11.7 Å². The van der Waals surface area contributed by atoms with Gasteiger partial charge in [-0.05, 0) is 54.6 Å². The minimum atomic E-state index is -4.34. The lowest BCUT2D eigenvalue weighted by Gasteiger charge is -2.54. The summed E-state index contributed by atoms with van der Waals surface area (Å²) in [6.45, 7) is 2.31. The summed E-state index contributed by atoms with van der Waals surface area (Å²) in [6.07, 6.45) is -2.17. The Hall–Kier alpha value is -2.63. The number of hydrogen-bond acceptors (Lipinski definition) is 2. The molecule has 1 N–H and O–H groups in total. The maximum atomic E-state index is 13.6. The molecule has 3 heterocycles. The molecule has 3 fully saturated rings. The van der Waals surface area contributed by atoms with E-state index in [4.69, 9.17) is 0 Å². The highest BCUT2D eigenvalue weighted by Gasteiger charge is 2.46. The molecule has 2 bridgehead atoms. The molecular formula is C28H29F3N2. The molecule has 5 heteroatoms. The summed E-state index contributed by atoms with van der Waals surface area (Å²) in [5.41, 5.74) is 2.28. The number of hydrogen-bond donors (Lipinski definition) is 1. The van der Waals surface area contributed by atoms with Crippen molar-refractivity contribution in [3.05, 3.63) is 107 Å². The molecule has 0 radical (unpaired) electrons. The Kier molecular flexibility index (Phi) is 6.26. The third-order valence-electron chi connectivity index (χ3n) is 7.38. The molecule has 0 spiro atoms. The van der Waals surface area contributed by atoms with Gasteiger partial charge in [-0.15, -0.1) is 0 Å². The van der Waals surface area contributed by atoms with Crippen molar-refractivity contribution in [1.29, 1.82) is 0 Å². The lowest BCUT2D eigenvalue weighted by Crippen LogP contribution is -2.64. The van der Waals surface area contributed by atoms with Crippen LogP contribution in [0.15, 0.2) is 84.9 Å². The topological polar surface area (TPSA) is 15.3 Å². The first-order valence-electron chi connectivity index (χ1n) is 11.7. The zero-order valence-electron chi connectivity index (χ0n) is 18.5. The second-order valence-corrected chi connectivity index (χ2v) is 9.22. The molecule has 3 aliphatic rings. The van der Waals surface area contributed by atoms with E-state index in [-0.39, 0.29) is 24.5 Å². The molecule has 2 atom stereocenters. The summed E-state index contributed by atoms with van der Waals surface area (Å²) in [7, 11) is 0. The Morgan fingerprint density at radius 1 is 0.788 bits per heavy atom. The molecule has 3 aromatic carbocycles. The van der Waals surface area contributed by atoms with Crippen LogP contribution in [0.5, 0.6) is 0 Å². The molecule has 3 aliphatic heterocycles. The summed E-state index contributed by atoms with van der Waals surface area (Å²) in [4.78, 5) is 2.55. The molecule has 172 valence electrons. The van der Waals surface area contributed by atoms with Crippen LogP contribution in [0.3, 0.4) is 0 Å². The van der Waals surface area contributed by atoms with Gasteiger partial charge in [0.05, 0.1) is 5.56 Å². The van der Waals surface area contributed by atoms with Gasteiger partial charge in [0.25, 0.3) is 0 Å². The molecule has 0 amide bonds. The highest BCUT2D eigenvalue weighted by atomic mass is 19.4. The van der Waals surface area contributed by atoms with Crippen LogP contribution in [0.1, 0.15) is 41.0 Å². The zero-order chi connectivity index (χ0) is 22.8. The Labute approximate surface area is 193 Å². The van der Waals surface area contributed by atoms with E-state index in [2.05, 4.69) is 58.7 Å². The molecule has 0 saturated carbocycles. The van der Waals surface area contributed by atoms with Gasteiger partial charge in [0, 0.05) is 24.5 Å². The Balaban J connectivity index is 1.49. The summed E-state index contributed by atoms with van der Waals surface area (Å²) >= 11 is 0. The highest BCUT2D eigenvalue weighted by Crippen LogP contribution is 2.42. The van der Waals surface area contributed by atoms with Crippen LogP contribution in [-0.2, 0) is 12.7 Å². The number of benzene rings is 3. The van der Waals surface area contributed by atoms with E-state index in [0.29, 0.717) is 11.5 Å². The quantitative estimate of drug-likeness (QED) is 0.489. The van der Waals surface area contributed by atoms with Gasteiger partial charge in [-0.3, -0.25) is 4.90 Å². The first-order valence-corrected chi connectivity index (χ1v) is 11.7.